The summed E-state index contributed by atoms with van der Waals surface area (Å²) in [6.45, 7) is 1.20. The third-order valence-electron chi connectivity index (χ3n) is 3.52. The Morgan fingerprint density at radius 3 is 2.79 bits per heavy atom. The minimum Gasteiger partial charge on any atom is -0.314 e. The molecule has 0 unspecified atom stereocenters. The number of halogens is 1. The zero-order chi connectivity index (χ0) is 9.54. The van der Waals surface area contributed by atoms with Gasteiger partial charge in [0.1, 0.15) is 0 Å². The summed E-state index contributed by atoms with van der Waals surface area (Å²) < 4.78 is 1.18. The molecule has 1 heterocycles. The largest absolute Gasteiger partial charge is 0.314 e. The van der Waals surface area contributed by atoms with Crippen LogP contribution in [0.3, 0.4) is 0 Å². The predicted octanol–water partition coefficient (Wildman–Crippen LogP) is 2.91. The maximum Gasteiger partial charge on any atom is 0.0175 e. The van der Waals surface area contributed by atoms with Gasteiger partial charge in [0.05, 0.1) is 0 Å². The molecule has 1 aromatic carbocycles. The maximum atomic E-state index is 3.56. The number of fused-ring (bicyclic) bond motifs is 1. The molecule has 0 spiro atoms. The molecule has 0 amide bonds. The van der Waals surface area contributed by atoms with Gasteiger partial charge in [0.2, 0.25) is 0 Å². The predicted molar refractivity (Wildman–Crippen MR) is 61.4 cm³/mol. The summed E-state index contributed by atoms with van der Waals surface area (Å²) in [4.78, 5) is 0. The van der Waals surface area contributed by atoms with E-state index < -0.39 is 0 Å². The second-order valence-electron chi connectivity index (χ2n) is 4.41. The van der Waals surface area contributed by atoms with Crippen molar-refractivity contribution in [2.75, 3.05) is 6.54 Å². The molecule has 3 rings (SSSR count). The molecule has 1 aliphatic heterocycles. The van der Waals surface area contributed by atoms with E-state index in [9.17, 15) is 0 Å². The smallest absolute Gasteiger partial charge is 0.0175 e. The van der Waals surface area contributed by atoms with Gasteiger partial charge in [0.25, 0.3) is 0 Å². The molecular weight excluding hydrogens is 238 g/mol. The standard InChI is InChI=1S/C12H14BrN/c13-9-3-1-8(2-4-9)10-5-6-14-12-7-11(10)12/h1-4,10-12,14H,5-7H2/t10-,11-,12-/m0/s1. The van der Waals surface area contributed by atoms with Gasteiger partial charge in [0, 0.05) is 10.5 Å². The van der Waals surface area contributed by atoms with Gasteiger partial charge in [0.15, 0.2) is 0 Å². The van der Waals surface area contributed by atoms with Crippen LogP contribution >= 0.6 is 15.9 Å². The maximum absolute atomic E-state index is 3.56. The first kappa shape index (κ1) is 8.93. The number of piperidine rings is 1. The van der Waals surface area contributed by atoms with Crippen molar-refractivity contribution >= 4 is 15.9 Å². The molecule has 1 aromatic rings. The summed E-state index contributed by atoms with van der Waals surface area (Å²) in [5.74, 6) is 1.74. The van der Waals surface area contributed by atoms with E-state index in [0.717, 1.165) is 17.9 Å². The van der Waals surface area contributed by atoms with Crippen molar-refractivity contribution in [1.29, 1.82) is 0 Å². The van der Waals surface area contributed by atoms with Crippen LogP contribution in [-0.4, -0.2) is 12.6 Å². The summed E-state index contributed by atoms with van der Waals surface area (Å²) in [7, 11) is 0. The topological polar surface area (TPSA) is 12.0 Å². The van der Waals surface area contributed by atoms with Crippen LogP contribution in [-0.2, 0) is 0 Å². The summed E-state index contributed by atoms with van der Waals surface area (Å²) in [6.07, 6.45) is 2.70. The molecular formula is C12H14BrN. The number of hydrogen-bond acceptors (Lipinski definition) is 1. The molecule has 14 heavy (non-hydrogen) atoms. The highest BCUT2D eigenvalue weighted by molar-refractivity contribution is 9.10. The van der Waals surface area contributed by atoms with Gasteiger partial charge in [-0.25, -0.2) is 0 Å². The minimum absolute atomic E-state index is 0.814. The highest BCUT2D eigenvalue weighted by atomic mass is 79.9. The normalized spacial score (nSPS) is 35.1. The Bertz CT molecular complexity index is 333. The zero-order valence-corrected chi connectivity index (χ0v) is 9.63. The molecule has 74 valence electrons. The van der Waals surface area contributed by atoms with E-state index in [1.54, 1.807) is 0 Å². The average Bonchev–Trinajstić information content (AvgIpc) is 2.97. The van der Waals surface area contributed by atoms with Gasteiger partial charge < -0.3 is 5.32 Å². The van der Waals surface area contributed by atoms with E-state index in [-0.39, 0.29) is 0 Å². The first-order valence-electron chi connectivity index (χ1n) is 5.33. The molecule has 2 aliphatic rings. The monoisotopic (exact) mass is 251 g/mol. The quantitative estimate of drug-likeness (QED) is 0.810. The minimum atomic E-state index is 0.814. The molecule has 3 atom stereocenters. The van der Waals surface area contributed by atoms with Gasteiger partial charge in [-0.2, -0.15) is 0 Å². The summed E-state index contributed by atoms with van der Waals surface area (Å²) in [6, 6.07) is 9.70. The SMILES string of the molecule is Brc1ccc([C@@H]2CCN[C@H]3C[C@H]32)cc1. The van der Waals surface area contributed by atoms with Crippen LogP contribution in [0.15, 0.2) is 28.7 Å². The number of nitrogens with one attached hydrogen (secondary N) is 1. The van der Waals surface area contributed by atoms with Crippen LogP contribution in [0.2, 0.25) is 0 Å². The van der Waals surface area contributed by atoms with E-state index in [4.69, 9.17) is 0 Å². The Morgan fingerprint density at radius 2 is 2.00 bits per heavy atom. The van der Waals surface area contributed by atoms with Crippen LogP contribution in [0.5, 0.6) is 0 Å². The first-order valence-corrected chi connectivity index (χ1v) is 6.13. The Kier molecular flexibility index (Phi) is 2.14. The summed E-state index contributed by atoms with van der Waals surface area (Å²) >= 11 is 3.48. The number of benzene rings is 1. The molecule has 1 saturated carbocycles. The van der Waals surface area contributed by atoms with Crippen molar-refractivity contribution in [3.63, 3.8) is 0 Å². The van der Waals surface area contributed by atoms with Gasteiger partial charge >= 0.3 is 0 Å². The molecule has 0 radical (unpaired) electrons. The fraction of sp³-hybridized carbons (Fsp3) is 0.500. The molecule has 0 aromatic heterocycles. The molecule has 1 saturated heterocycles. The Hall–Kier alpha value is -0.340. The summed E-state index contributed by atoms with van der Waals surface area (Å²) in [5.41, 5.74) is 1.53. The van der Waals surface area contributed by atoms with Gasteiger partial charge in [-0.3, -0.25) is 0 Å². The van der Waals surface area contributed by atoms with Gasteiger partial charge in [-0.15, -0.1) is 0 Å². The second-order valence-corrected chi connectivity index (χ2v) is 5.32. The lowest BCUT2D eigenvalue weighted by atomic mass is 9.89. The molecule has 0 bridgehead atoms. The first-order chi connectivity index (χ1) is 6.84. The zero-order valence-electron chi connectivity index (χ0n) is 8.04. The van der Waals surface area contributed by atoms with E-state index >= 15 is 0 Å². The van der Waals surface area contributed by atoms with Crippen LogP contribution in [0.4, 0.5) is 0 Å². The van der Waals surface area contributed by atoms with Gasteiger partial charge in [-0.05, 0) is 48.9 Å². The molecule has 1 nitrogen and oxygen atoms in total. The highest BCUT2D eigenvalue weighted by Gasteiger charge is 2.45. The van der Waals surface area contributed by atoms with Gasteiger partial charge in [-0.1, -0.05) is 28.1 Å². The van der Waals surface area contributed by atoms with Crippen LogP contribution in [0.1, 0.15) is 24.3 Å². The molecule has 2 fully saturated rings. The Labute approximate surface area is 93.0 Å². The third-order valence-corrected chi connectivity index (χ3v) is 4.05. The fourth-order valence-electron chi connectivity index (χ4n) is 2.66. The Morgan fingerprint density at radius 1 is 1.21 bits per heavy atom. The molecule has 2 heteroatoms. The third kappa shape index (κ3) is 1.51. The van der Waals surface area contributed by atoms with Crippen molar-refractivity contribution in [2.24, 2.45) is 5.92 Å². The Balaban J connectivity index is 1.84. The molecule has 1 N–H and O–H groups in total. The summed E-state index contributed by atoms with van der Waals surface area (Å²) in [5, 5.41) is 3.56. The lowest BCUT2D eigenvalue weighted by Crippen LogP contribution is -2.28. The van der Waals surface area contributed by atoms with Crippen molar-refractivity contribution in [2.45, 2.75) is 24.8 Å². The van der Waals surface area contributed by atoms with Crippen LogP contribution in [0.25, 0.3) is 0 Å². The second kappa shape index (κ2) is 3.35. The lowest BCUT2D eigenvalue weighted by molar-refractivity contribution is 0.443. The average molecular weight is 252 g/mol. The van der Waals surface area contributed by atoms with Crippen molar-refractivity contribution in [3.8, 4) is 0 Å². The number of rotatable bonds is 1. The van der Waals surface area contributed by atoms with E-state index in [2.05, 4.69) is 45.5 Å². The van der Waals surface area contributed by atoms with E-state index in [0.29, 0.717) is 0 Å². The van der Waals surface area contributed by atoms with E-state index in [1.807, 2.05) is 0 Å². The van der Waals surface area contributed by atoms with Crippen molar-refractivity contribution in [1.82, 2.24) is 5.32 Å². The highest BCUT2D eigenvalue weighted by Crippen LogP contribution is 2.47. The van der Waals surface area contributed by atoms with E-state index in [1.165, 1.54) is 29.4 Å². The molecule has 1 aliphatic carbocycles. The van der Waals surface area contributed by atoms with Crippen molar-refractivity contribution in [3.05, 3.63) is 34.3 Å². The van der Waals surface area contributed by atoms with Crippen LogP contribution in [0, 0.1) is 5.92 Å². The van der Waals surface area contributed by atoms with Crippen LogP contribution < -0.4 is 5.32 Å². The number of hydrogen-bond donors (Lipinski definition) is 1. The lowest BCUT2D eigenvalue weighted by Gasteiger charge is -2.22. The van der Waals surface area contributed by atoms with Crippen molar-refractivity contribution < 1.29 is 0 Å². The fourth-order valence-corrected chi connectivity index (χ4v) is 2.92.